The van der Waals surface area contributed by atoms with Crippen LogP contribution in [0, 0.1) is 13.8 Å². The van der Waals surface area contributed by atoms with E-state index in [9.17, 15) is 13.2 Å². The predicted octanol–water partition coefficient (Wildman–Crippen LogP) is 1.81. The van der Waals surface area contributed by atoms with Gasteiger partial charge in [0.05, 0.1) is 24.4 Å². The normalized spacial score (nSPS) is 11.6. The van der Waals surface area contributed by atoms with Crippen LogP contribution < -0.4 is 9.73 Å². The second-order valence-electron chi connectivity index (χ2n) is 5.32. The Morgan fingerprint density at radius 2 is 1.92 bits per heavy atom. The molecule has 0 radical (unpaired) electrons. The molecule has 0 aliphatic rings. The number of hydrogen-bond acceptors (Lipinski definition) is 5. The first-order valence-electron chi connectivity index (χ1n) is 7.18. The zero-order chi connectivity index (χ0) is 17.7. The van der Waals surface area contributed by atoms with E-state index >= 15 is 0 Å². The molecule has 0 unspecified atom stereocenters. The lowest BCUT2D eigenvalue weighted by atomic mass is 10.1. The van der Waals surface area contributed by atoms with Crippen LogP contribution in [0.1, 0.15) is 16.9 Å². The number of carbonyl (C=O) groups is 1. The van der Waals surface area contributed by atoms with E-state index in [0.29, 0.717) is 11.4 Å². The lowest BCUT2D eigenvalue weighted by Crippen LogP contribution is -2.39. The molecule has 7 nitrogen and oxygen atoms in total. The van der Waals surface area contributed by atoms with E-state index in [1.165, 1.54) is 12.5 Å². The first-order chi connectivity index (χ1) is 11.3. The third-order valence-corrected chi connectivity index (χ3v) is 4.41. The minimum Gasteiger partial charge on any atom is -0.463 e. The number of para-hydroxylation sites is 1. The van der Waals surface area contributed by atoms with Crippen LogP contribution in [-0.2, 0) is 14.8 Å². The molecule has 0 atom stereocenters. The van der Waals surface area contributed by atoms with Crippen LogP contribution in [-0.4, -0.2) is 33.3 Å². The first kappa shape index (κ1) is 17.7. The van der Waals surface area contributed by atoms with Gasteiger partial charge in [-0.2, -0.15) is 5.10 Å². The summed E-state index contributed by atoms with van der Waals surface area (Å²) in [6.45, 7) is 3.24. The molecule has 0 saturated carbocycles. The number of sulfonamides is 1. The topological polar surface area (TPSA) is 92.0 Å². The Balaban J connectivity index is 2.17. The van der Waals surface area contributed by atoms with E-state index in [2.05, 4.69) is 10.5 Å². The van der Waals surface area contributed by atoms with Gasteiger partial charge in [0.1, 0.15) is 12.3 Å². The quantitative estimate of drug-likeness (QED) is 0.636. The number of anilines is 1. The first-order valence-corrected chi connectivity index (χ1v) is 9.03. The summed E-state index contributed by atoms with van der Waals surface area (Å²) in [4.78, 5) is 12.1. The minimum absolute atomic E-state index is 0.361. The van der Waals surface area contributed by atoms with Gasteiger partial charge in [0.25, 0.3) is 5.91 Å². The van der Waals surface area contributed by atoms with Crippen molar-refractivity contribution in [2.75, 3.05) is 17.1 Å². The van der Waals surface area contributed by atoms with Crippen LogP contribution in [0.2, 0.25) is 0 Å². The number of rotatable bonds is 6. The largest absolute Gasteiger partial charge is 0.463 e. The molecule has 1 aromatic carbocycles. The fraction of sp³-hybridized carbons (Fsp3) is 0.250. The molecule has 0 saturated heterocycles. The molecular formula is C16H19N3O4S. The summed E-state index contributed by atoms with van der Waals surface area (Å²) in [6, 6.07) is 8.80. The second-order valence-corrected chi connectivity index (χ2v) is 7.23. The summed E-state index contributed by atoms with van der Waals surface area (Å²) in [6.07, 6.45) is 3.88. The Kier molecular flexibility index (Phi) is 5.40. The van der Waals surface area contributed by atoms with Gasteiger partial charge in [0.2, 0.25) is 10.0 Å². The highest BCUT2D eigenvalue weighted by Crippen LogP contribution is 2.26. The molecule has 0 bridgehead atoms. The SMILES string of the molecule is Cc1cccc(C)c1N(CC(=O)NN=Cc1ccco1)S(C)(=O)=O. The Morgan fingerprint density at radius 3 is 2.46 bits per heavy atom. The lowest BCUT2D eigenvalue weighted by Gasteiger charge is -2.25. The van der Waals surface area contributed by atoms with Crippen molar-refractivity contribution in [3.8, 4) is 0 Å². The summed E-state index contributed by atoms with van der Waals surface area (Å²) < 4.78 is 30.4. The molecule has 1 amide bonds. The summed E-state index contributed by atoms with van der Waals surface area (Å²) in [7, 11) is -3.62. The van der Waals surface area contributed by atoms with Gasteiger partial charge < -0.3 is 4.42 Å². The summed E-state index contributed by atoms with van der Waals surface area (Å²) in [5.74, 6) is -0.0732. The zero-order valence-electron chi connectivity index (χ0n) is 13.7. The van der Waals surface area contributed by atoms with E-state index in [1.54, 1.807) is 38.1 Å². The number of benzene rings is 1. The second kappa shape index (κ2) is 7.31. The van der Waals surface area contributed by atoms with Gasteiger partial charge in [-0.3, -0.25) is 9.10 Å². The van der Waals surface area contributed by atoms with E-state index in [4.69, 9.17) is 4.42 Å². The Bertz CT molecular complexity index is 822. The van der Waals surface area contributed by atoms with Crippen molar-refractivity contribution in [2.24, 2.45) is 5.10 Å². The van der Waals surface area contributed by atoms with Gasteiger partial charge >= 0.3 is 0 Å². The maximum atomic E-state index is 12.1. The predicted molar refractivity (Wildman–Crippen MR) is 92.6 cm³/mol. The highest BCUT2D eigenvalue weighted by atomic mass is 32.2. The minimum atomic E-state index is -3.62. The molecule has 0 aliphatic carbocycles. The van der Waals surface area contributed by atoms with Crippen LogP contribution in [0.4, 0.5) is 5.69 Å². The monoisotopic (exact) mass is 349 g/mol. The molecule has 2 rings (SSSR count). The van der Waals surface area contributed by atoms with Crippen LogP contribution >= 0.6 is 0 Å². The van der Waals surface area contributed by atoms with Gasteiger partial charge in [0.15, 0.2) is 0 Å². The van der Waals surface area contributed by atoms with E-state index in [-0.39, 0.29) is 6.54 Å². The van der Waals surface area contributed by atoms with Gasteiger partial charge in [-0.1, -0.05) is 18.2 Å². The van der Waals surface area contributed by atoms with Crippen molar-refractivity contribution in [1.29, 1.82) is 0 Å². The molecule has 2 aromatic rings. The molecule has 1 N–H and O–H groups in total. The van der Waals surface area contributed by atoms with E-state index in [1.807, 2.05) is 6.07 Å². The maximum Gasteiger partial charge on any atom is 0.260 e. The van der Waals surface area contributed by atoms with Crippen LogP contribution in [0.25, 0.3) is 0 Å². The summed E-state index contributed by atoms with van der Waals surface area (Å²) in [5.41, 5.74) is 4.34. The van der Waals surface area contributed by atoms with Crippen molar-refractivity contribution in [3.63, 3.8) is 0 Å². The van der Waals surface area contributed by atoms with Crippen molar-refractivity contribution in [3.05, 3.63) is 53.5 Å². The third kappa shape index (κ3) is 4.45. The third-order valence-electron chi connectivity index (χ3n) is 3.30. The highest BCUT2D eigenvalue weighted by molar-refractivity contribution is 7.92. The number of hydrazone groups is 1. The Morgan fingerprint density at radius 1 is 1.25 bits per heavy atom. The van der Waals surface area contributed by atoms with E-state index in [0.717, 1.165) is 21.7 Å². The number of carbonyl (C=O) groups excluding carboxylic acids is 1. The number of aryl methyl sites for hydroxylation is 2. The Labute approximate surface area is 141 Å². The van der Waals surface area contributed by atoms with Crippen LogP contribution in [0.15, 0.2) is 46.1 Å². The average Bonchev–Trinajstić information content (AvgIpc) is 2.98. The fourth-order valence-electron chi connectivity index (χ4n) is 2.26. The van der Waals surface area contributed by atoms with Gasteiger partial charge in [-0.25, -0.2) is 13.8 Å². The van der Waals surface area contributed by atoms with Crippen LogP contribution in [0.3, 0.4) is 0 Å². The smallest absolute Gasteiger partial charge is 0.260 e. The molecule has 24 heavy (non-hydrogen) atoms. The van der Waals surface area contributed by atoms with Gasteiger partial charge in [-0.05, 0) is 37.1 Å². The van der Waals surface area contributed by atoms with E-state index < -0.39 is 15.9 Å². The maximum absolute atomic E-state index is 12.1. The zero-order valence-corrected chi connectivity index (χ0v) is 14.5. The van der Waals surface area contributed by atoms with Crippen molar-refractivity contribution < 1.29 is 17.6 Å². The molecule has 128 valence electrons. The molecule has 8 heteroatoms. The molecular weight excluding hydrogens is 330 g/mol. The van der Waals surface area contributed by atoms with Crippen molar-refractivity contribution in [2.45, 2.75) is 13.8 Å². The van der Waals surface area contributed by atoms with Crippen molar-refractivity contribution >= 4 is 27.8 Å². The van der Waals surface area contributed by atoms with Crippen molar-refractivity contribution in [1.82, 2.24) is 5.43 Å². The summed E-state index contributed by atoms with van der Waals surface area (Å²) >= 11 is 0. The fourth-order valence-corrected chi connectivity index (χ4v) is 3.23. The molecule has 0 aliphatic heterocycles. The molecule has 0 fully saturated rings. The Hall–Kier alpha value is -2.61. The number of furan rings is 1. The highest BCUT2D eigenvalue weighted by Gasteiger charge is 2.23. The number of hydrogen-bond donors (Lipinski definition) is 1. The van der Waals surface area contributed by atoms with Gasteiger partial charge in [-0.15, -0.1) is 0 Å². The molecule has 1 heterocycles. The summed E-state index contributed by atoms with van der Waals surface area (Å²) in [5, 5.41) is 3.75. The number of nitrogens with zero attached hydrogens (tertiary/aromatic N) is 2. The lowest BCUT2D eigenvalue weighted by molar-refractivity contribution is -0.119. The van der Waals surface area contributed by atoms with Gasteiger partial charge in [0, 0.05) is 0 Å². The average molecular weight is 349 g/mol. The molecule has 1 aromatic heterocycles. The van der Waals surface area contributed by atoms with Crippen LogP contribution in [0.5, 0.6) is 0 Å². The molecule has 0 spiro atoms. The number of nitrogens with one attached hydrogen (secondary N) is 1. The standard InChI is InChI=1S/C16H19N3O4S/c1-12-6-4-7-13(2)16(12)19(24(3,21)22)11-15(20)18-17-10-14-8-5-9-23-14/h4-10H,11H2,1-3H3,(H,18,20). The number of amides is 1.